The molecule has 4 heteroatoms. The zero-order valence-corrected chi connectivity index (χ0v) is 26.1. The number of hydrogen-bond donors (Lipinski definition) is 0. The van der Waals surface area contributed by atoms with Gasteiger partial charge in [0.15, 0.2) is 0 Å². The van der Waals surface area contributed by atoms with Crippen molar-refractivity contribution < 1.29 is 0 Å². The van der Waals surface area contributed by atoms with Crippen molar-refractivity contribution in [2.45, 2.75) is 0 Å². The molecule has 7 aromatic carbocycles. The average molecular weight is 615 g/mol. The van der Waals surface area contributed by atoms with Gasteiger partial charge in [0.05, 0.1) is 16.7 Å². The van der Waals surface area contributed by atoms with Crippen LogP contribution in [0.1, 0.15) is 0 Å². The summed E-state index contributed by atoms with van der Waals surface area (Å²) in [5, 5.41) is 6.97. The fourth-order valence-corrected chi connectivity index (χ4v) is 6.83. The smallest absolute Gasteiger partial charge is 0.0703 e. The summed E-state index contributed by atoms with van der Waals surface area (Å²) in [6.45, 7) is 0. The van der Waals surface area contributed by atoms with Gasteiger partial charge in [0.2, 0.25) is 0 Å². The van der Waals surface area contributed by atoms with E-state index in [1.807, 2.05) is 24.5 Å². The average Bonchev–Trinajstić information content (AvgIpc) is 3.16. The van der Waals surface area contributed by atoms with Crippen molar-refractivity contribution in [1.29, 1.82) is 0 Å². The van der Waals surface area contributed by atoms with E-state index in [2.05, 4.69) is 177 Å². The number of rotatable bonds is 6. The van der Waals surface area contributed by atoms with Gasteiger partial charge < -0.3 is 9.80 Å². The molecule has 0 radical (unpaired) electrons. The first kappa shape index (κ1) is 27.8. The number of nitrogens with zero attached hydrogens (tertiary/aromatic N) is 4. The fraction of sp³-hybridized carbons (Fsp3) is 0. The third-order valence-electron chi connectivity index (χ3n) is 9.04. The summed E-state index contributed by atoms with van der Waals surface area (Å²) in [4.78, 5) is 13.8. The molecular formula is C44H30N4. The van der Waals surface area contributed by atoms with E-state index < -0.39 is 0 Å². The van der Waals surface area contributed by atoms with Crippen LogP contribution < -0.4 is 9.80 Å². The van der Waals surface area contributed by atoms with Crippen LogP contribution >= 0.6 is 0 Å². The Morgan fingerprint density at radius 1 is 0.312 bits per heavy atom. The molecule has 48 heavy (non-hydrogen) atoms. The summed E-state index contributed by atoms with van der Waals surface area (Å²) < 4.78 is 0. The van der Waals surface area contributed by atoms with Crippen LogP contribution in [-0.2, 0) is 0 Å². The molecule has 4 nitrogen and oxygen atoms in total. The van der Waals surface area contributed by atoms with Crippen LogP contribution in [0.15, 0.2) is 182 Å². The van der Waals surface area contributed by atoms with Crippen LogP contribution in [0.3, 0.4) is 0 Å². The maximum Gasteiger partial charge on any atom is 0.0703 e. The number of anilines is 6. The van der Waals surface area contributed by atoms with Gasteiger partial charge in [-0.1, -0.05) is 78.9 Å². The first-order chi connectivity index (χ1) is 23.8. The molecule has 2 aromatic heterocycles. The largest absolute Gasteiger partial charge is 0.310 e. The molecule has 0 unspecified atom stereocenters. The molecule has 0 saturated carbocycles. The highest BCUT2D eigenvalue weighted by Crippen LogP contribution is 2.44. The predicted octanol–water partition coefficient (Wildman–Crippen LogP) is 12.0. The Labute approximate surface area is 278 Å². The van der Waals surface area contributed by atoms with Gasteiger partial charge in [-0.25, -0.2) is 0 Å². The lowest BCUT2D eigenvalue weighted by Crippen LogP contribution is -2.11. The molecule has 0 aliphatic rings. The van der Waals surface area contributed by atoms with E-state index in [1.165, 1.54) is 21.5 Å². The molecule has 0 fully saturated rings. The van der Waals surface area contributed by atoms with Crippen LogP contribution in [0.2, 0.25) is 0 Å². The van der Waals surface area contributed by atoms with Crippen molar-refractivity contribution in [2.75, 3.05) is 9.80 Å². The zero-order valence-electron chi connectivity index (χ0n) is 26.1. The minimum absolute atomic E-state index is 0.982. The maximum absolute atomic E-state index is 4.57. The molecule has 9 rings (SSSR count). The minimum atomic E-state index is 0.982. The summed E-state index contributed by atoms with van der Waals surface area (Å²) in [6, 6.07) is 60.3. The summed E-state index contributed by atoms with van der Waals surface area (Å²) in [6.07, 6.45) is 3.69. The predicted molar refractivity (Wildman–Crippen MR) is 201 cm³/mol. The first-order valence-corrected chi connectivity index (χ1v) is 16.2. The normalized spacial score (nSPS) is 11.3. The lowest BCUT2D eigenvalue weighted by Gasteiger charge is -2.29. The Morgan fingerprint density at radius 3 is 1.48 bits per heavy atom. The third-order valence-corrected chi connectivity index (χ3v) is 9.04. The van der Waals surface area contributed by atoms with Crippen LogP contribution in [-0.4, -0.2) is 9.97 Å². The third kappa shape index (κ3) is 4.88. The second-order valence-corrected chi connectivity index (χ2v) is 11.9. The SMILES string of the molecule is c1ccc(N(c2ccc3ncccc3c2)c2ccc3cc(N(c4ccccc4)c4ccc5ncccc5c4)c4ccccc4c3c2)cc1. The number of pyridine rings is 2. The van der Waals surface area contributed by atoms with Crippen molar-refractivity contribution in [3.05, 3.63) is 182 Å². The van der Waals surface area contributed by atoms with E-state index in [0.717, 1.165) is 55.9 Å². The number of benzene rings is 7. The Morgan fingerprint density at radius 2 is 0.833 bits per heavy atom. The monoisotopic (exact) mass is 614 g/mol. The highest BCUT2D eigenvalue weighted by Gasteiger charge is 2.19. The van der Waals surface area contributed by atoms with Crippen molar-refractivity contribution in [3.63, 3.8) is 0 Å². The molecule has 0 spiro atoms. The second-order valence-electron chi connectivity index (χ2n) is 11.9. The topological polar surface area (TPSA) is 32.3 Å². The van der Waals surface area contributed by atoms with Gasteiger partial charge >= 0.3 is 0 Å². The van der Waals surface area contributed by atoms with E-state index in [4.69, 9.17) is 0 Å². The molecule has 0 bridgehead atoms. The van der Waals surface area contributed by atoms with Gasteiger partial charge in [0.25, 0.3) is 0 Å². The first-order valence-electron chi connectivity index (χ1n) is 16.2. The highest BCUT2D eigenvalue weighted by atomic mass is 15.1. The van der Waals surface area contributed by atoms with Gasteiger partial charge in [-0.3, -0.25) is 9.97 Å². The lowest BCUT2D eigenvalue weighted by atomic mass is 9.98. The van der Waals surface area contributed by atoms with Crippen LogP contribution in [0.5, 0.6) is 0 Å². The summed E-state index contributed by atoms with van der Waals surface area (Å²) >= 11 is 0. The fourth-order valence-electron chi connectivity index (χ4n) is 6.83. The molecule has 0 saturated heterocycles. The summed E-state index contributed by atoms with van der Waals surface area (Å²) in [5.74, 6) is 0. The molecular weight excluding hydrogens is 585 g/mol. The molecule has 2 heterocycles. The molecule has 0 aliphatic carbocycles. The van der Waals surface area contributed by atoms with Crippen molar-refractivity contribution in [3.8, 4) is 0 Å². The van der Waals surface area contributed by atoms with E-state index in [9.17, 15) is 0 Å². The Hall–Kier alpha value is -6.52. The molecule has 9 aromatic rings. The van der Waals surface area contributed by atoms with Crippen LogP contribution in [0.25, 0.3) is 43.4 Å². The Kier molecular flexibility index (Phi) is 6.76. The van der Waals surface area contributed by atoms with Crippen LogP contribution in [0.4, 0.5) is 34.1 Å². The van der Waals surface area contributed by atoms with Crippen LogP contribution in [0, 0.1) is 0 Å². The lowest BCUT2D eigenvalue weighted by molar-refractivity contribution is 1.29. The molecule has 226 valence electrons. The number of para-hydroxylation sites is 2. The van der Waals surface area contributed by atoms with E-state index in [0.29, 0.717) is 0 Å². The zero-order chi connectivity index (χ0) is 31.9. The van der Waals surface area contributed by atoms with E-state index >= 15 is 0 Å². The van der Waals surface area contributed by atoms with Gasteiger partial charge in [-0.2, -0.15) is 0 Å². The Bertz CT molecular complexity index is 2580. The quantitative estimate of drug-likeness (QED) is 0.174. The van der Waals surface area contributed by atoms with Gasteiger partial charge in [-0.15, -0.1) is 0 Å². The van der Waals surface area contributed by atoms with E-state index in [1.54, 1.807) is 0 Å². The Balaban J connectivity index is 1.26. The molecule has 0 atom stereocenters. The van der Waals surface area contributed by atoms with Gasteiger partial charge in [0.1, 0.15) is 0 Å². The van der Waals surface area contributed by atoms with Gasteiger partial charge in [-0.05, 0) is 107 Å². The summed E-state index contributed by atoms with van der Waals surface area (Å²) in [5.41, 5.74) is 8.56. The molecule has 0 aliphatic heterocycles. The number of hydrogen-bond acceptors (Lipinski definition) is 4. The second kappa shape index (κ2) is 11.7. The van der Waals surface area contributed by atoms with E-state index in [-0.39, 0.29) is 0 Å². The van der Waals surface area contributed by atoms with Crippen molar-refractivity contribution in [2.24, 2.45) is 0 Å². The summed E-state index contributed by atoms with van der Waals surface area (Å²) in [7, 11) is 0. The molecule has 0 amide bonds. The molecule has 0 N–H and O–H groups in total. The number of fused-ring (bicyclic) bond motifs is 5. The van der Waals surface area contributed by atoms with Gasteiger partial charge in [0, 0.05) is 57.0 Å². The number of aromatic nitrogens is 2. The van der Waals surface area contributed by atoms with Crippen molar-refractivity contribution in [1.82, 2.24) is 9.97 Å². The standard InChI is InChI=1S/C44H30N4/c1-3-13-34(14-4-1)47(36-21-23-42-32(27-36)11-9-25-45-42)38-20-19-31-29-44(40-18-8-7-17-39(40)41(31)30-38)48(35-15-5-2-6-16-35)37-22-24-43-33(28-37)12-10-26-46-43/h1-30H. The minimum Gasteiger partial charge on any atom is -0.310 e. The highest BCUT2D eigenvalue weighted by molar-refractivity contribution is 6.15. The van der Waals surface area contributed by atoms with Crippen molar-refractivity contribution >= 4 is 77.5 Å². The maximum atomic E-state index is 4.57.